The molecule has 1 heterocycles. The lowest BCUT2D eigenvalue weighted by Crippen LogP contribution is -2.44. The molecule has 1 saturated heterocycles. The molecule has 2 rings (SSSR count). The maximum absolute atomic E-state index is 12.5. The van der Waals surface area contributed by atoms with Crippen LogP contribution < -0.4 is 10.1 Å². The summed E-state index contributed by atoms with van der Waals surface area (Å²) in [4.78, 5) is 14.3. The van der Waals surface area contributed by atoms with Crippen LogP contribution in [-0.4, -0.2) is 43.1 Å². The average molecular weight is 311 g/mol. The first kappa shape index (κ1) is 16.1. The zero-order valence-electron chi connectivity index (χ0n) is 12.6. The van der Waals surface area contributed by atoms with Crippen molar-refractivity contribution >= 4 is 17.5 Å². The van der Waals surface area contributed by atoms with Gasteiger partial charge in [-0.1, -0.05) is 17.7 Å². The molecule has 1 aliphatic heterocycles. The molecule has 1 aromatic carbocycles. The second kappa shape index (κ2) is 7.66. The second-order valence-corrected chi connectivity index (χ2v) is 5.94. The summed E-state index contributed by atoms with van der Waals surface area (Å²) in [5, 5.41) is 3.97. The standard InChI is InChI=1S/C16H23ClN2O2/c1-12(21-15-7-3-5-13(17)11-15)16(20)19(2)14-6-4-9-18-10-8-14/h3,5,7,11-12,14,18H,4,6,8-10H2,1-2H3. The van der Waals surface area contributed by atoms with Crippen LogP contribution in [-0.2, 0) is 4.79 Å². The Hall–Kier alpha value is -1.26. The number of nitrogens with zero attached hydrogens (tertiary/aromatic N) is 1. The summed E-state index contributed by atoms with van der Waals surface area (Å²) in [7, 11) is 1.87. The van der Waals surface area contributed by atoms with Crippen LogP contribution in [0.1, 0.15) is 26.2 Å². The Labute approximate surface area is 131 Å². The van der Waals surface area contributed by atoms with Crippen molar-refractivity contribution in [3.05, 3.63) is 29.3 Å². The first-order chi connectivity index (χ1) is 10.1. The average Bonchev–Trinajstić information content (AvgIpc) is 2.74. The number of carbonyl (C=O) groups is 1. The van der Waals surface area contributed by atoms with Gasteiger partial charge in [0.05, 0.1) is 0 Å². The molecule has 1 aromatic rings. The molecule has 0 spiro atoms. The van der Waals surface area contributed by atoms with Crippen molar-refractivity contribution in [2.24, 2.45) is 0 Å². The quantitative estimate of drug-likeness (QED) is 0.929. The third kappa shape index (κ3) is 4.61. The van der Waals surface area contributed by atoms with Gasteiger partial charge in [-0.2, -0.15) is 0 Å². The van der Waals surface area contributed by atoms with E-state index in [0.717, 1.165) is 32.4 Å². The molecule has 4 nitrogen and oxygen atoms in total. The molecule has 1 amide bonds. The van der Waals surface area contributed by atoms with E-state index >= 15 is 0 Å². The Balaban J connectivity index is 1.94. The fraction of sp³-hybridized carbons (Fsp3) is 0.562. The first-order valence-electron chi connectivity index (χ1n) is 7.47. The molecule has 21 heavy (non-hydrogen) atoms. The summed E-state index contributed by atoms with van der Waals surface area (Å²) >= 11 is 5.93. The number of nitrogens with one attached hydrogen (secondary N) is 1. The molecule has 0 saturated carbocycles. The lowest BCUT2D eigenvalue weighted by Gasteiger charge is -2.29. The van der Waals surface area contributed by atoms with Gasteiger partial charge < -0.3 is 15.0 Å². The van der Waals surface area contributed by atoms with Gasteiger partial charge in [0, 0.05) is 18.1 Å². The van der Waals surface area contributed by atoms with Gasteiger partial charge in [0.25, 0.3) is 5.91 Å². The summed E-state index contributed by atoms with van der Waals surface area (Å²) in [5.74, 6) is 0.640. The minimum Gasteiger partial charge on any atom is -0.481 e. The lowest BCUT2D eigenvalue weighted by molar-refractivity contribution is -0.138. The van der Waals surface area contributed by atoms with E-state index in [4.69, 9.17) is 16.3 Å². The number of benzene rings is 1. The molecule has 0 bridgehead atoms. The maximum Gasteiger partial charge on any atom is 0.263 e. The number of hydrogen-bond acceptors (Lipinski definition) is 3. The highest BCUT2D eigenvalue weighted by Crippen LogP contribution is 2.20. The van der Waals surface area contributed by atoms with Crippen molar-refractivity contribution < 1.29 is 9.53 Å². The number of likely N-dealkylation sites (N-methyl/N-ethyl adjacent to an activating group) is 1. The molecule has 1 aliphatic rings. The Morgan fingerprint density at radius 1 is 1.43 bits per heavy atom. The second-order valence-electron chi connectivity index (χ2n) is 5.50. The predicted molar refractivity (Wildman–Crippen MR) is 84.8 cm³/mol. The number of carbonyl (C=O) groups excluding carboxylic acids is 1. The van der Waals surface area contributed by atoms with Crippen LogP contribution in [0.25, 0.3) is 0 Å². The SMILES string of the molecule is CC(Oc1cccc(Cl)c1)C(=O)N(C)C1CCCNCC1. The van der Waals surface area contributed by atoms with Crippen molar-refractivity contribution in [3.63, 3.8) is 0 Å². The number of ether oxygens (including phenoxy) is 1. The summed E-state index contributed by atoms with van der Waals surface area (Å²) < 4.78 is 5.71. The molecule has 116 valence electrons. The Bertz CT molecular complexity index is 473. The van der Waals surface area contributed by atoms with E-state index in [2.05, 4.69) is 5.32 Å². The van der Waals surface area contributed by atoms with Gasteiger partial charge in [0.1, 0.15) is 5.75 Å². The minimum absolute atomic E-state index is 0.0156. The third-order valence-electron chi connectivity index (χ3n) is 3.90. The fourth-order valence-corrected chi connectivity index (χ4v) is 2.83. The molecule has 2 atom stereocenters. The monoisotopic (exact) mass is 310 g/mol. The Morgan fingerprint density at radius 3 is 3.00 bits per heavy atom. The van der Waals surface area contributed by atoms with Gasteiger partial charge in [0.2, 0.25) is 0 Å². The predicted octanol–water partition coefficient (Wildman–Crippen LogP) is 2.71. The minimum atomic E-state index is -0.510. The van der Waals surface area contributed by atoms with E-state index in [0.29, 0.717) is 10.8 Å². The van der Waals surface area contributed by atoms with E-state index in [1.807, 2.05) is 24.1 Å². The Kier molecular flexibility index (Phi) is 5.88. The molecule has 1 fully saturated rings. The van der Waals surface area contributed by atoms with E-state index in [9.17, 15) is 4.79 Å². The highest BCUT2D eigenvalue weighted by molar-refractivity contribution is 6.30. The normalized spacial score (nSPS) is 20.4. The van der Waals surface area contributed by atoms with Crippen LogP contribution in [0.3, 0.4) is 0 Å². The number of rotatable bonds is 4. The van der Waals surface area contributed by atoms with Gasteiger partial charge >= 0.3 is 0 Å². The summed E-state index contributed by atoms with van der Waals surface area (Å²) in [6.45, 7) is 3.79. The topological polar surface area (TPSA) is 41.6 Å². The summed E-state index contributed by atoms with van der Waals surface area (Å²) in [6.07, 6.45) is 2.63. The van der Waals surface area contributed by atoms with Crippen LogP contribution >= 0.6 is 11.6 Å². The molecular formula is C16H23ClN2O2. The van der Waals surface area contributed by atoms with Crippen LogP contribution in [0, 0.1) is 0 Å². The first-order valence-corrected chi connectivity index (χ1v) is 7.85. The number of amides is 1. The van der Waals surface area contributed by atoms with Gasteiger partial charge in [0.15, 0.2) is 6.10 Å². The van der Waals surface area contributed by atoms with Gasteiger partial charge in [-0.15, -0.1) is 0 Å². The molecule has 0 radical (unpaired) electrons. The third-order valence-corrected chi connectivity index (χ3v) is 4.13. The molecule has 2 unspecified atom stereocenters. The van der Waals surface area contributed by atoms with Crippen LogP contribution in [0.15, 0.2) is 24.3 Å². The van der Waals surface area contributed by atoms with Crippen molar-refractivity contribution in [2.45, 2.75) is 38.3 Å². The summed E-state index contributed by atoms with van der Waals surface area (Å²) in [6, 6.07) is 7.42. The largest absolute Gasteiger partial charge is 0.481 e. The maximum atomic E-state index is 12.5. The highest BCUT2D eigenvalue weighted by Gasteiger charge is 2.25. The van der Waals surface area contributed by atoms with E-state index in [-0.39, 0.29) is 11.9 Å². The Morgan fingerprint density at radius 2 is 2.24 bits per heavy atom. The van der Waals surface area contributed by atoms with Crippen molar-refractivity contribution in [1.29, 1.82) is 0 Å². The van der Waals surface area contributed by atoms with Crippen molar-refractivity contribution in [2.75, 3.05) is 20.1 Å². The number of halogens is 1. The number of hydrogen-bond donors (Lipinski definition) is 1. The van der Waals surface area contributed by atoms with Gasteiger partial charge in [-0.25, -0.2) is 0 Å². The van der Waals surface area contributed by atoms with E-state index in [1.165, 1.54) is 0 Å². The molecule has 0 aromatic heterocycles. The molecular weight excluding hydrogens is 288 g/mol. The van der Waals surface area contributed by atoms with Crippen LogP contribution in [0.5, 0.6) is 5.75 Å². The van der Waals surface area contributed by atoms with E-state index in [1.54, 1.807) is 19.1 Å². The molecule has 5 heteroatoms. The highest BCUT2D eigenvalue weighted by atomic mass is 35.5. The summed E-state index contributed by atoms with van der Waals surface area (Å²) in [5.41, 5.74) is 0. The zero-order valence-corrected chi connectivity index (χ0v) is 13.4. The fourth-order valence-electron chi connectivity index (χ4n) is 2.65. The van der Waals surface area contributed by atoms with Gasteiger partial charge in [-0.3, -0.25) is 4.79 Å². The smallest absolute Gasteiger partial charge is 0.263 e. The molecule has 1 N–H and O–H groups in total. The lowest BCUT2D eigenvalue weighted by atomic mass is 10.1. The van der Waals surface area contributed by atoms with Crippen LogP contribution in [0.2, 0.25) is 5.02 Å². The van der Waals surface area contributed by atoms with Crippen molar-refractivity contribution in [1.82, 2.24) is 10.2 Å². The van der Waals surface area contributed by atoms with E-state index < -0.39 is 6.10 Å². The van der Waals surface area contributed by atoms with Gasteiger partial charge in [-0.05, 0) is 57.5 Å². The molecule has 0 aliphatic carbocycles. The zero-order chi connectivity index (χ0) is 15.2. The van der Waals surface area contributed by atoms with Crippen LogP contribution in [0.4, 0.5) is 0 Å². The van der Waals surface area contributed by atoms with Crippen molar-refractivity contribution in [3.8, 4) is 5.75 Å².